The summed E-state index contributed by atoms with van der Waals surface area (Å²) in [4.78, 5) is 39.4. The summed E-state index contributed by atoms with van der Waals surface area (Å²) in [6, 6.07) is 11.8. The first-order valence-corrected chi connectivity index (χ1v) is 13.4. The largest absolute Gasteiger partial charge is 0.451 e. The molecule has 12 heteroatoms. The van der Waals surface area contributed by atoms with Crippen LogP contribution in [-0.2, 0) is 15.3 Å². The average Bonchev–Trinajstić information content (AvgIpc) is 3.07. The lowest BCUT2D eigenvalue weighted by atomic mass is 9.92. The summed E-state index contributed by atoms with van der Waals surface area (Å²) in [5, 5.41) is 1.64. The number of aromatic nitrogens is 1. The quantitative estimate of drug-likeness (QED) is 0.322. The standard InChI is InChI=1S/C28H26F3N3O5S/c1-16-7-6-9-19-21(16)13-40-23-10-5-4-8-20(23)24(19)34-14-32(17(2)28(29,30)31)27(37)25-26(39-15-38-18(3)35)22(36)11-12-33(25)34/h4-12,17,24H,13-15H2,1-3H3/t17-,24+/m1/s1. The molecule has 2 aliphatic rings. The van der Waals surface area contributed by atoms with E-state index < -0.39 is 54.8 Å². The number of thioether (sulfide) groups is 1. The minimum atomic E-state index is -4.73. The van der Waals surface area contributed by atoms with Crippen molar-refractivity contribution >= 4 is 23.6 Å². The van der Waals surface area contributed by atoms with E-state index >= 15 is 0 Å². The van der Waals surface area contributed by atoms with Crippen LogP contribution < -0.4 is 15.2 Å². The summed E-state index contributed by atoms with van der Waals surface area (Å²) in [6.45, 7) is 2.92. The van der Waals surface area contributed by atoms with E-state index in [0.29, 0.717) is 10.7 Å². The van der Waals surface area contributed by atoms with E-state index in [0.717, 1.165) is 41.0 Å². The van der Waals surface area contributed by atoms with Crippen LogP contribution in [0.1, 0.15) is 52.6 Å². The molecule has 0 fully saturated rings. The fourth-order valence-corrected chi connectivity index (χ4v) is 6.20. The Morgan fingerprint density at radius 2 is 1.82 bits per heavy atom. The summed E-state index contributed by atoms with van der Waals surface area (Å²) < 4.78 is 53.7. The second-order valence-corrected chi connectivity index (χ2v) is 10.6. The maximum atomic E-state index is 14.0. The molecule has 2 atom stereocenters. The normalized spacial score (nSPS) is 17.4. The van der Waals surface area contributed by atoms with Crippen molar-refractivity contribution in [2.24, 2.45) is 0 Å². The van der Waals surface area contributed by atoms with Crippen molar-refractivity contribution in [1.82, 2.24) is 9.58 Å². The highest BCUT2D eigenvalue weighted by Gasteiger charge is 2.48. The fourth-order valence-electron chi connectivity index (χ4n) is 4.99. The molecule has 2 aliphatic heterocycles. The lowest BCUT2D eigenvalue weighted by Gasteiger charge is -2.46. The number of halogens is 3. The number of carbonyl (C=O) groups is 2. The third-order valence-corrected chi connectivity index (χ3v) is 8.22. The second kappa shape index (κ2) is 10.6. The molecule has 0 aliphatic carbocycles. The van der Waals surface area contributed by atoms with Gasteiger partial charge in [-0.1, -0.05) is 36.4 Å². The Balaban J connectivity index is 1.76. The van der Waals surface area contributed by atoms with Crippen LogP contribution in [0.5, 0.6) is 5.75 Å². The van der Waals surface area contributed by atoms with Gasteiger partial charge in [-0.2, -0.15) is 13.2 Å². The van der Waals surface area contributed by atoms with Gasteiger partial charge in [-0.3, -0.25) is 24.1 Å². The molecule has 0 unspecified atom stereocenters. The molecule has 5 rings (SSSR count). The third kappa shape index (κ3) is 4.91. The second-order valence-electron chi connectivity index (χ2n) is 9.55. The van der Waals surface area contributed by atoms with E-state index in [1.54, 1.807) is 16.8 Å². The number of hydrogen-bond acceptors (Lipinski definition) is 7. The Bertz CT molecular complexity index is 1540. The molecule has 0 saturated carbocycles. The summed E-state index contributed by atoms with van der Waals surface area (Å²) in [6.07, 6.45) is -3.37. The fraction of sp³-hybridized carbons (Fsp3) is 0.321. The smallest absolute Gasteiger partial charge is 0.408 e. The lowest BCUT2D eigenvalue weighted by Crippen LogP contribution is -2.60. The number of fused-ring (bicyclic) bond motifs is 3. The first-order chi connectivity index (χ1) is 19.0. The number of pyridine rings is 1. The number of esters is 1. The van der Waals surface area contributed by atoms with Gasteiger partial charge in [0.2, 0.25) is 18.0 Å². The molecule has 210 valence electrons. The molecule has 3 aromatic rings. The minimum absolute atomic E-state index is 0.384. The van der Waals surface area contributed by atoms with Gasteiger partial charge in [-0.05, 0) is 42.2 Å². The number of aryl methyl sites for hydroxylation is 1. The molecule has 8 nitrogen and oxygen atoms in total. The zero-order valence-electron chi connectivity index (χ0n) is 21.9. The van der Waals surface area contributed by atoms with Crippen LogP contribution in [-0.4, -0.2) is 47.1 Å². The van der Waals surface area contributed by atoms with Crippen LogP contribution in [0.4, 0.5) is 13.2 Å². The number of ether oxygens (including phenoxy) is 2. The van der Waals surface area contributed by atoms with Crippen molar-refractivity contribution in [2.45, 2.75) is 49.7 Å². The monoisotopic (exact) mass is 573 g/mol. The summed E-state index contributed by atoms with van der Waals surface area (Å²) in [5.41, 5.74) is 2.67. The SMILES string of the molecule is CC(=O)OCOc1c2n(ccc1=O)N([C@@H]1c3ccccc3SCc3c(C)cccc31)CN([C@H](C)C(F)(F)F)C2=O. The first kappa shape index (κ1) is 27.6. The van der Waals surface area contributed by atoms with E-state index in [1.165, 1.54) is 16.9 Å². The van der Waals surface area contributed by atoms with Crippen molar-refractivity contribution in [1.29, 1.82) is 0 Å². The molecular weight excluding hydrogens is 547 g/mol. The molecule has 0 spiro atoms. The van der Waals surface area contributed by atoms with Gasteiger partial charge in [0.05, 0.1) is 6.04 Å². The van der Waals surface area contributed by atoms with E-state index in [2.05, 4.69) is 0 Å². The van der Waals surface area contributed by atoms with Crippen molar-refractivity contribution in [3.05, 3.63) is 92.9 Å². The molecule has 1 amide bonds. The predicted molar refractivity (Wildman–Crippen MR) is 142 cm³/mol. The highest BCUT2D eigenvalue weighted by Crippen LogP contribution is 2.44. The number of carbonyl (C=O) groups excluding carboxylic acids is 2. The molecule has 0 N–H and O–H groups in total. The van der Waals surface area contributed by atoms with Gasteiger partial charge in [0.1, 0.15) is 12.7 Å². The highest BCUT2D eigenvalue weighted by atomic mass is 32.2. The third-order valence-electron chi connectivity index (χ3n) is 7.10. The molecule has 0 radical (unpaired) electrons. The average molecular weight is 574 g/mol. The Kier molecular flexibility index (Phi) is 7.30. The van der Waals surface area contributed by atoms with Crippen LogP contribution in [0.2, 0.25) is 0 Å². The maximum Gasteiger partial charge on any atom is 0.408 e. The number of benzene rings is 2. The van der Waals surface area contributed by atoms with Gasteiger partial charge in [0, 0.05) is 29.8 Å². The molecule has 0 saturated heterocycles. The van der Waals surface area contributed by atoms with Crippen LogP contribution in [0.3, 0.4) is 0 Å². The van der Waals surface area contributed by atoms with E-state index in [-0.39, 0.29) is 5.69 Å². The van der Waals surface area contributed by atoms with E-state index in [1.807, 2.05) is 49.4 Å². The van der Waals surface area contributed by atoms with E-state index in [4.69, 9.17) is 9.47 Å². The zero-order chi connectivity index (χ0) is 28.8. The number of alkyl halides is 3. The summed E-state index contributed by atoms with van der Waals surface area (Å²) in [7, 11) is 0. The topological polar surface area (TPSA) is 81.1 Å². The zero-order valence-corrected chi connectivity index (χ0v) is 22.7. The summed E-state index contributed by atoms with van der Waals surface area (Å²) in [5.74, 6) is -1.57. The van der Waals surface area contributed by atoms with Gasteiger partial charge in [0.15, 0.2) is 5.69 Å². The van der Waals surface area contributed by atoms with Crippen molar-refractivity contribution in [2.75, 3.05) is 18.5 Å². The van der Waals surface area contributed by atoms with Crippen LogP contribution in [0, 0.1) is 6.92 Å². The minimum Gasteiger partial charge on any atom is -0.451 e. The number of hydrogen-bond donors (Lipinski definition) is 0. The lowest BCUT2D eigenvalue weighted by molar-refractivity contribution is -0.173. The molecule has 2 aromatic carbocycles. The number of rotatable bonds is 5. The Labute approximate surface area is 232 Å². The molecule has 0 bridgehead atoms. The number of amides is 1. The highest BCUT2D eigenvalue weighted by molar-refractivity contribution is 7.98. The molecular formula is C28H26F3N3O5S. The Morgan fingerprint density at radius 3 is 2.55 bits per heavy atom. The molecule has 40 heavy (non-hydrogen) atoms. The van der Waals surface area contributed by atoms with Gasteiger partial charge < -0.3 is 14.4 Å². The molecule has 1 aromatic heterocycles. The van der Waals surface area contributed by atoms with Gasteiger partial charge in [0.25, 0.3) is 5.91 Å². The van der Waals surface area contributed by atoms with Gasteiger partial charge >= 0.3 is 12.1 Å². The molecule has 3 heterocycles. The van der Waals surface area contributed by atoms with Crippen LogP contribution in [0.15, 0.2) is 64.4 Å². The first-order valence-electron chi connectivity index (χ1n) is 12.5. The van der Waals surface area contributed by atoms with Gasteiger partial charge in [-0.25, -0.2) is 0 Å². The van der Waals surface area contributed by atoms with Gasteiger partial charge in [-0.15, -0.1) is 11.8 Å². The predicted octanol–water partition coefficient (Wildman–Crippen LogP) is 4.75. The van der Waals surface area contributed by atoms with Crippen molar-refractivity contribution in [3.63, 3.8) is 0 Å². The van der Waals surface area contributed by atoms with E-state index in [9.17, 15) is 27.6 Å². The van der Waals surface area contributed by atoms with Crippen LogP contribution >= 0.6 is 11.8 Å². The maximum absolute atomic E-state index is 14.0. The van der Waals surface area contributed by atoms with Crippen molar-refractivity contribution < 1.29 is 32.2 Å². The Hall–Kier alpha value is -3.93. The number of nitrogens with zero attached hydrogens (tertiary/aromatic N) is 3. The summed E-state index contributed by atoms with van der Waals surface area (Å²) >= 11 is 1.63. The van der Waals surface area contributed by atoms with Crippen LogP contribution in [0.25, 0.3) is 0 Å². The Morgan fingerprint density at radius 1 is 1.10 bits per heavy atom. The van der Waals surface area contributed by atoms with Crippen molar-refractivity contribution in [3.8, 4) is 5.75 Å².